The minimum Gasteiger partial charge on any atom is -0.348 e. The first-order valence-corrected chi connectivity index (χ1v) is 16.2. The van der Waals surface area contributed by atoms with Crippen LogP contribution in [0.25, 0.3) is 0 Å². The third-order valence-corrected chi connectivity index (χ3v) is 19.5. The van der Waals surface area contributed by atoms with E-state index in [0.717, 1.165) is 11.1 Å². The SMILES string of the molecule is CN([Si](C)(C)C1CCCCCC1)[Si](C)(C)C1CCCCCC1. The quantitative estimate of drug-likeness (QED) is 0.403. The Bertz CT molecular complexity index is 292. The van der Waals surface area contributed by atoms with Crippen molar-refractivity contribution in [2.45, 2.75) is 114 Å². The van der Waals surface area contributed by atoms with Crippen LogP contribution in [-0.4, -0.2) is 27.7 Å². The van der Waals surface area contributed by atoms with E-state index in [-0.39, 0.29) is 0 Å². The minimum atomic E-state index is -1.28. The Hall–Kier alpha value is 0.394. The molecule has 0 radical (unpaired) electrons. The maximum Gasteiger partial charge on any atom is 0.118 e. The molecule has 2 rings (SSSR count). The molecular weight excluding hydrogens is 298 g/mol. The van der Waals surface area contributed by atoms with Gasteiger partial charge in [0.25, 0.3) is 0 Å². The monoisotopic (exact) mass is 339 g/mol. The number of nitrogens with zero attached hydrogens (tertiary/aromatic N) is 1. The fourth-order valence-electron chi connectivity index (χ4n) is 5.26. The van der Waals surface area contributed by atoms with Gasteiger partial charge in [-0.15, -0.1) is 0 Å². The lowest BCUT2D eigenvalue weighted by molar-refractivity contribution is 0.577. The summed E-state index contributed by atoms with van der Waals surface area (Å²) in [7, 11) is -0.00789. The summed E-state index contributed by atoms with van der Waals surface area (Å²) < 4.78 is 3.06. The van der Waals surface area contributed by atoms with E-state index in [9.17, 15) is 0 Å². The van der Waals surface area contributed by atoms with E-state index in [1.165, 1.54) is 77.0 Å². The summed E-state index contributed by atoms with van der Waals surface area (Å²) in [6.07, 6.45) is 18.1. The molecule has 2 fully saturated rings. The average Bonchev–Trinajstić information content (AvgIpc) is 2.91. The van der Waals surface area contributed by atoms with Gasteiger partial charge in [0.2, 0.25) is 0 Å². The van der Waals surface area contributed by atoms with Crippen LogP contribution in [0.1, 0.15) is 77.0 Å². The van der Waals surface area contributed by atoms with Gasteiger partial charge in [-0.05, 0) is 18.1 Å². The van der Waals surface area contributed by atoms with E-state index in [4.69, 9.17) is 0 Å². The third-order valence-electron chi connectivity index (χ3n) is 7.44. The van der Waals surface area contributed by atoms with E-state index in [1.807, 2.05) is 0 Å². The zero-order valence-corrected chi connectivity index (χ0v) is 18.1. The first kappa shape index (κ1) is 18.7. The molecule has 0 bridgehead atoms. The van der Waals surface area contributed by atoms with Crippen LogP contribution >= 0.6 is 0 Å². The number of rotatable bonds is 4. The highest BCUT2D eigenvalue weighted by Gasteiger charge is 2.46. The summed E-state index contributed by atoms with van der Waals surface area (Å²) in [6.45, 7) is 10.8. The number of hydrogen-bond donors (Lipinski definition) is 0. The lowest BCUT2D eigenvalue weighted by Crippen LogP contribution is -2.63. The van der Waals surface area contributed by atoms with Gasteiger partial charge in [0.15, 0.2) is 0 Å². The highest BCUT2D eigenvalue weighted by Crippen LogP contribution is 2.43. The second-order valence-corrected chi connectivity index (χ2v) is 19.3. The molecule has 3 heteroatoms. The van der Waals surface area contributed by atoms with Crippen molar-refractivity contribution in [3.63, 3.8) is 0 Å². The van der Waals surface area contributed by atoms with E-state index in [2.05, 4.69) is 37.5 Å². The van der Waals surface area contributed by atoms with Crippen LogP contribution < -0.4 is 0 Å². The van der Waals surface area contributed by atoms with Crippen molar-refractivity contribution in [2.24, 2.45) is 0 Å². The maximum absolute atomic E-state index is 3.06. The van der Waals surface area contributed by atoms with Crippen molar-refractivity contribution in [3.05, 3.63) is 0 Å². The molecule has 0 aromatic carbocycles. The molecule has 0 atom stereocenters. The van der Waals surface area contributed by atoms with Crippen LogP contribution in [-0.2, 0) is 0 Å². The summed E-state index contributed by atoms with van der Waals surface area (Å²) in [5.41, 5.74) is 2.11. The molecule has 0 aromatic rings. The molecule has 0 aromatic heterocycles. The van der Waals surface area contributed by atoms with Crippen LogP contribution in [0.15, 0.2) is 0 Å². The van der Waals surface area contributed by atoms with Gasteiger partial charge in [0.1, 0.15) is 16.5 Å². The zero-order valence-electron chi connectivity index (χ0n) is 16.1. The van der Waals surface area contributed by atoms with E-state index in [0.29, 0.717) is 0 Å². The Kier molecular flexibility index (Phi) is 6.79. The molecule has 0 saturated heterocycles. The molecule has 0 aliphatic heterocycles. The standard InChI is InChI=1S/C19H41NSi2/c1-20(21(2,3)18-14-10-6-7-11-15-18)22(4,5)19-16-12-8-9-13-17-19/h18-19H,6-17H2,1-5H3. The third kappa shape index (κ3) is 4.27. The molecule has 1 nitrogen and oxygen atoms in total. The summed E-state index contributed by atoms with van der Waals surface area (Å²) in [5, 5.41) is 0. The summed E-state index contributed by atoms with van der Waals surface area (Å²) in [4.78, 5) is 0. The lowest BCUT2D eigenvalue weighted by atomic mass is 10.2. The van der Waals surface area contributed by atoms with Crippen LogP contribution in [0.4, 0.5) is 0 Å². The van der Waals surface area contributed by atoms with Crippen LogP contribution in [0, 0.1) is 0 Å². The van der Waals surface area contributed by atoms with Gasteiger partial charge >= 0.3 is 0 Å². The van der Waals surface area contributed by atoms with Crippen LogP contribution in [0.5, 0.6) is 0 Å². The molecule has 130 valence electrons. The fourth-order valence-corrected chi connectivity index (χ4v) is 17.0. The maximum atomic E-state index is 3.06. The molecule has 22 heavy (non-hydrogen) atoms. The van der Waals surface area contributed by atoms with Crippen molar-refractivity contribution in [3.8, 4) is 0 Å². The zero-order chi connectivity index (χ0) is 16.2. The van der Waals surface area contributed by atoms with Gasteiger partial charge in [0, 0.05) is 0 Å². The van der Waals surface area contributed by atoms with Crippen molar-refractivity contribution >= 4 is 16.5 Å². The van der Waals surface area contributed by atoms with Crippen molar-refractivity contribution in [1.29, 1.82) is 0 Å². The second-order valence-electron chi connectivity index (χ2n) is 9.24. The van der Waals surface area contributed by atoms with Gasteiger partial charge in [-0.3, -0.25) is 0 Å². The second kappa shape index (κ2) is 7.98. The molecule has 0 heterocycles. The molecule has 2 saturated carbocycles. The Morgan fingerprint density at radius 1 is 0.545 bits per heavy atom. The van der Waals surface area contributed by atoms with Crippen LogP contribution in [0.2, 0.25) is 37.3 Å². The van der Waals surface area contributed by atoms with E-state index < -0.39 is 16.5 Å². The molecule has 0 spiro atoms. The van der Waals surface area contributed by atoms with Crippen molar-refractivity contribution in [1.82, 2.24) is 4.23 Å². The Morgan fingerprint density at radius 2 is 0.818 bits per heavy atom. The first-order valence-electron chi connectivity index (χ1n) is 10.1. The molecular formula is C19H41NSi2. The number of hydrogen-bond acceptors (Lipinski definition) is 1. The summed E-state index contributed by atoms with van der Waals surface area (Å²) >= 11 is 0. The topological polar surface area (TPSA) is 3.24 Å². The fraction of sp³-hybridized carbons (Fsp3) is 1.00. The van der Waals surface area contributed by atoms with Gasteiger partial charge in [0.05, 0.1) is 0 Å². The Labute approximate surface area is 142 Å². The van der Waals surface area contributed by atoms with Gasteiger partial charge < -0.3 is 4.23 Å². The van der Waals surface area contributed by atoms with Crippen molar-refractivity contribution < 1.29 is 0 Å². The lowest BCUT2D eigenvalue weighted by Gasteiger charge is -2.51. The predicted molar refractivity (Wildman–Crippen MR) is 106 cm³/mol. The largest absolute Gasteiger partial charge is 0.348 e. The molecule has 0 N–H and O–H groups in total. The molecule has 2 aliphatic rings. The highest BCUT2D eigenvalue weighted by molar-refractivity contribution is 6.91. The molecule has 0 unspecified atom stereocenters. The van der Waals surface area contributed by atoms with Gasteiger partial charge in [-0.1, -0.05) is 103 Å². The minimum absolute atomic E-state index is 1.05. The highest BCUT2D eigenvalue weighted by atomic mass is 28.4. The predicted octanol–water partition coefficient (Wildman–Crippen LogP) is 6.78. The van der Waals surface area contributed by atoms with Gasteiger partial charge in [-0.25, -0.2) is 0 Å². The average molecular weight is 340 g/mol. The van der Waals surface area contributed by atoms with Crippen molar-refractivity contribution in [2.75, 3.05) is 7.05 Å². The smallest absolute Gasteiger partial charge is 0.118 e. The Balaban J connectivity index is 2.09. The van der Waals surface area contributed by atoms with Crippen LogP contribution in [0.3, 0.4) is 0 Å². The first-order chi connectivity index (χ1) is 10.4. The molecule has 2 aliphatic carbocycles. The Morgan fingerprint density at radius 3 is 1.09 bits per heavy atom. The summed E-state index contributed by atoms with van der Waals surface area (Å²) in [5.74, 6) is 0. The van der Waals surface area contributed by atoms with E-state index >= 15 is 0 Å². The summed E-state index contributed by atoms with van der Waals surface area (Å²) in [6, 6.07) is 0. The normalized spacial score (nSPS) is 24.3. The van der Waals surface area contributed by atoms with E-state index in [1.54, 1.807) is 0 Å². The van der Waals surface area contributed by atoms with Gasteiger partial charge in [-0.2, -0.15) is 0 Å². The molecule has 0 amide bonds.